The van der Waals surface area contributed by atoms with Gasteiger partial charge in [-0.25, -0.2) is 9.97 Å². The van der Waals surface area contributed by atoms with Crippen LogP contribution in [0.1, 0.15) is 19.5 Å². The minimum Gasteiger partial charge on any atom is -0.495 e. The van der Waals surface area contributed by atoms with Crippen LogP contribution in [0, 0.1) is 0 Å². The Morgan fingerprint density at radius 2 is 1.58 bits per heavy atom. The molecule has 0 aliphatic heterocycles. The Kier molecular flexibility index (Phi) is 6.21. The summed E-state index contributed by atoms with van der Waals surface area (Å²) in [5, 5.41) is 4.46. The van der Waals surface area contributed by atoms with Gasteiger partial charge in [0.2, 0.25) is 0 Å². The third-order valence-electron chi connectivity index (χ3n) is 6.18. The van der Waals surface area contributed by atoms with Gasteiger partial charge >= 0.3 is 0 Å². The molecule has 0 aliphatic carbocycles. The smallest absolute Gasteiger partial charge is 0.169 e. The van der Waals surface area contributed by atoms with Gasteiger partial charge in [0, 0.05) is 40.9 Å². The molecule has 36 heavy (non-hydrogen) atoms. The lowest BCUT2D eigenvalue weighted by Crippen LogP contribution is -2.30. The summed E-state index contributed by atoms with van der Waals surface area (Å²) in [5.74, 6) is 1.61. The molecule has 3 heterocycles. The van der Waals surface area contributed by atoms with E-state index >= 15 is 0 Å². The van der Waals surface area contributed by atoms with Gasteiger partial charge in [-0.2, -0.15) is 0 Å². The molecule has 0 bridgehead atoms. The Balaban J connectivity index is 1.56. The molecule has 0 fully saturated rings. The summed E-state index contributed by atoms with van der Waals surface area (Å²) in [4.78, 5) is 18.8. The number of benzene rings is 2. The number of hydrogen-bond donors (Lipinski definition) is 2. The van der Waals surface area contributed by atoms with Crippen molar-refractivity contribution in [3.05, 3.63) is 90.9 Å². The number of anilines is 2. The first-order chi connectivity index (χ1) is 17.5. The number of pyridine rings is 2. The predicted molar refractivity (Wildman–Crippen MR) is 145 cm³/mol. The van der Waals surface area contributed by atoms with Crippen LogP contribution in [0.25, 0.3) is 33.4 Å². The molecule has 0 saturated heterocycles. The summed E-state index contributed by atoms with van der Waals surface area (Å²) in [6.07, 6.45) is 3.57. The number of methoxy groups -OCH3 is 1. The van der Waals surface area contributed by atoms with E-state index in [-0.39, 0.29) is 5.41 Å². The fourth-order valence-electron chi connectivity index (χ4n) is 4.25. The lowest BCUT2D eigenvalue weighted by molar-refractivity contribution is 0.389. The topological polar surface area (TPSA) is 98.8 Å². The largest absolute Gasteiger partial charge is 0.495 e. The van der Waals surface area contributed by atoms with Crippen molar-refractivity contribution in [3.8, 4) is 28.3 Å². The number of hydrogen-bond acceptors (Lipinski definition) is 7. The standard InChI is InChI=1S/C29H28N6O/c1-29(2,26-23(36-3)12-8-16-32-26)18-33-28-27(30)34-24(19-9-5-4-6-10-19)25(35-28)21-13-14-22-20(17-21)11-7-15-31-22/h4-17H,18H2,1-3H3,(H2,30,34)(H,33,35). The highest BCUT2D eigenvalue weighted by molar-refractivity contribution is 5.88. The monoisotopic (exact) mass is 476 g/mol. The molecule has 7 heteroatoms. The number of fused-ring (bicyclic) bond motifs is 1. The summed E-state index contributed by atoms with van der Waals surface area (Å²) in [6, 6.07) is 23.8. The Hall–Kier alpha value is -4.52. The van der Waals surface area contributed by atoms with Crippen LogP contribution in [0.5, 0.6) is 5.75 Å². The van der Waals surface area contributed by atoms with E-state index in [2.05, 4.69) is 35.2 Å². The molecule has 0 amide bonds. The second kappa shape index (κ2) is 9.62. The molecule has 0 saturated carbocycles. The van der Waals surface area contributed by atoms with Crippen molar-refractivity contribution in [2.75, 3.05) is 24.7 Å². The molecular formula is C29H28N6O. The van der Waals surface area contributed by atoms with Crippen LogP contribution in [0.2, 0.25) is 0 Å². The maximum atomic E-state index is 6.43. The first-order valence-electron chi connectivity index (χ1n) is 11.8. The van der Waals surface area contributed by atoms with Gasteiger partial charge in [-0.15, -0.1) is 0 Å². The Labute approximate surface area is 210 Å². The first kappa shape index (κ1) is 23.2. The van der Waals surface area contributed by atoms with Crippen LogP contribution in [-0.2, 0) is 5.41 Å². The van der Waals surface area contributed by atoms with E-state index in [0.29, 0.717) is 18.2 Å². The Morgan fingerprint density at radius 3 is 2.39 bits per heavy atom. The van der Waals surface area contributed by atoms with Gasteiger partial charge in [-0.3, -0.25) is 9.97 Å². The minimum atomic E-state index is -0.354. The molecule has 5 rings (SSSR count). The zero-order valence-electron chi connectivity index (χ0n) is 20.6. The molecule has 0 spiro atoms. The third kappa shape index (κ3) is 4.55. The van der Waals surface area contributed by atoms with E-state index in [1.807, 2.05) is 66.7 Å². The zero-order chi connectivity index (χ0) is 25.1. The van der Waals surface area contributed by atoms with Gasteiger partial charge in [0.1, 0.15) is 5.75 Å². The van der Waals surface area contributed by atoms with Crippen LogP contribution in [0.3, 0.4) is 0 Å². The van der Waals surface area contributed by atoms with Gasteiger partial charge in [-0.1, -0.05) is 56.3 Å². The highest BCUT2D eigenvalue weighted by Gasteiger charge is 2.27. The molecule has 0 aliphatic rings. The van der Waals surface area contributed by atoms with Crippen LogP contribution in [0.4, 0.5) is 11.6 Å². The number of aromatic nitrogens is 4. The van der Waals surface area contributed by atoms with E-state index in [9.17, 15) is 0 Å². The third-order valence-corrected chi connectivity index (χ3v) is 6.18. The van der Waals surface area contributed by atoms with Gasteiger partial charge in [0.15, 0.2) is 11.6 Å². The van der Waals surface area contributed by atoms with E-state index < -0.39 is 0 Å². The highest BCUT2D eigenvalue weighted by Crippen LogP contribution is 2.35. The highest BCUT2D eigenvalue weighted by atomic mass is 16.5. The Morgan fingerprint density at radius 1 is 0.833 bits per heavy atom. The normalized spacial score (nSPS) is 11.4. The van der Waals surface area contributed by atoms with Crippen molar-refractivity contribution < 1.29 is 4.74 Å². The van der Waals surface area contributed by atoms with Crippen molar-refractivity contribution >= 4 is 22.5 Å². The lowest BCUT2D eigenvalue weighted by atomic mass is 9.88. The molecule has 3 aromatic heterocycles. The molecule has 3 N–H and O–H groups in total. The average molecular weight is 477 g/mol. The second-order valence-electron chi connectivity index (χ2n) is 9.22. The summed E-state index contributed by atoms with van der Waals surface area (Å²) in [7, 11) is 1.65. The molecular weight excluding hydrogens is 448 g/mol. The quantitative estimate of drug-likeness (QED) is 0.309. The fraction of sp³-hybridized carbons (Fsp3) is 0.172. The number of nitrogens with one attached hydrogen (secondary N) is 1. The van der Waals surface area contributed by atoms with Crippen LogP contribution in [0.15, 0.2) is 85.2 Å². The van der Waals surface area contributed by atoms with Crippen molar-refractivity contribution in [1.29, 1.82) is 0 Å². The van der Waals surface area contributed by atoms with E-state index in [4.69, 9.17) is 20.4 Å². The van der Waals surface area contributed by atoms with Gasteiger partial charge in [-0.05, 0) is 30.3 Å². The number of ether oxygens (including phenoxy) is 1. The first-order valence-corrected chi connectivity index (χ1v) is 11.8. The molecule has 5 aromatic rings. The van der Waals surface area contributed by atoms with Crippen molar-refractivity contribution in [1.82, 2.24) is 19.9 Å². The van der Waals surface area contributed by atoms with Crippen molar-refractivity contribution in [3.63, 3.8) is 0 Å². The fourth-order valence-corrected chi connectivity index (χ4v) is 4.25. The van der Waals surface area contributed by atoms with Gasteiger partial charge < -0.3 is 15.8 Å². The van der Waals surface area contributed by atoms with E-state index in [1.54, 1.807) is 19.5 Å². The van der Waals surface area contributed by atoms with Gasteiger partial charge in [0.25, 0.3) is 0 Å². The Bertz CT molecular complexity index is 1520. The number of rotatable bonds is 7. The van der Waals surface area contributed by atoms with Crippen LogP contribution >= 0.6 is 0 Å². The van der Waals surface area contributed by atoms with E-state index in [0.717, 1.165) is 44.9 Å². The summed E-state index contributed by atoms with van der Waals surface area (Å²) < 4.78 is 5.54. The number of nitrogens with two attached hydrogens (primary N) is 1. The number of nitrogens with zero attached hydrogens (tertiary/aromatic N) is 4. The number of nitrogen functional groups attached to an aromatic ring is 1. The molecule has 180 valence electrons. The maximum Gasteiger partial charge on any atom is 0.169 e. The maximum absolute atomic E-state index is 6.43. The van der Waals surface area contributed by atoms with Gasteiger partial charge in [0.05, 0.1) is 29.7 Å². The molecule has 7 nitrogen and oxygen atoms in total. The van der Waals surface area contributed by atoms with Crippen molar-refractivity contribution in [2.24, 2.45) is 0 Å². The van der Waals surface area contributed by atoms with Crippen LogP contribution < -0.4 is 15.8 Å². The predicted octanol–water partition coefficient (Wildman–Crippen LogP) is 5.73. The van der Waals surface area contributed by atoms with Crippen molar-refractivity contribution in [2.45, 2.75) is 19.3 Å². The lowest BCUT2D eigenvalue weighted by Gasteiger charge is -2.26. The molecule has 0 radical (unpaired) electrons. The summed E-state index contributed by atoms with van der Waals surface area (Å²) >= 11 is 0. The SMILES string of the molecule is COc1cccnc1C(C)(C)CNc1nc(-c2ccc3ncccc3c2)c(-c2ccccc2)nc1N. The van der Waals surface area contributed by atoms with E-state index in [1.165, 1.54) is 0 Å². The second-order valence-corrected chi connectivity index (χ2v) is 9.22. The van der Waals surface area contributed by atoms with Crippen LogP contribution in [-0.4, -0.2) is 33.6 Å². The minimum absolute atomic E-state index is 0.337. The zero-order valence-corrected chi connectivity index (χ0v) is 20.6. The molecule has 2 aromatic carbocycles. The average Bonchev–Trinajstić information content (AvgIpc) is 2.92. The molecule has 0 atom stereocenters. The summed E-state index contributed by atoms with van der Waals surface area (Å²) in [6.45, 7) is 4.74. The summed E-state index contributed by atoms with van der Waals surface area (Å²) in [5.41, 5.74) is 11.2. The molecule has 0 unspecified atom stereocenters.